The minimum absolute atomic E-state index is 0.794. The van der Waals surface area contributed by atoms with Gasteiger partial charge in [-0.1, -0.05) is 59.7 Å². The molecule has 1 N–H and O–H groups in total. The Morgan fingerprint density at radius 3 is 2.13 bits per heavy atom. The fourth-order valence-corrected chi connectivity index (χ4v) is 2.70. The molecule has 118 valence electrons. The molecule has 3 nitrogen and oxygen atoms in total. The van der Waals surface area contributed by atoms with Gasteiger partial charge in [0.05, 0.1) is 12.2 Å². The second kappa shape index (κ2) is 6.80. The average Bonchev–Trinajstić information content (AvgIpc) is 2.93. The van der Waals surface area contributed by atoms with E-state index in [1.54, 1.807) is 0 Å². The Balaban J connectivity index is 1.91. The van der Waals surface area contributed by atoms with Gasteiger partial charge in [-0.3, -0.25) is 4.68 Å². The van der Waals surface area contributed by atoms with E-state index in [4.69, 9.17) is 5.10 Å². The van der Waals surface area contributed by atoms with Crippen LogP contribution in [0.1, 0.15) is 22.3 Å². The second-order valence-corrected chi connectivity index (χ2v) is 6.08. The van der Waals surface area contributed by atoms with Gasteiger partial charge in [0.2, 0.25) is 0 Å². The van der Waals surface area contributed by atoms with Crippen molar-refractivity contribution in [1.29, 1.82) is 0 Å². The van der Waals surface area contributed by atoms with Crippen molar-refractivity contribution >= 4 is 0 Å². The first-order valence-corrected chi connectivity index (χ1v) is 7.99. The molecule has 0 aliphatic rings. The molecule has 0 aliphatic carbocycles. The van der Waals surface area contributed by atoms with Crippen molar-refractivity contribution in [1.82, 2.24) is 15.1 Å². The summed E-state index contributed by atoms with van der Waals surface area (Å²) in [4.78, 5) is 0. The van der Waals surface area contributed by atoms with Gasteiger partial charge in [-0.25, -0.2) is 0 Å². The third kappa shape index (κ3) is 3.69. The molecule has 0 aliphatic heterocycles. The average molecular weight is 305 g/mol. The van der Waals surface area contributed by atoms with Crippen molar-refractivity contribution in [3.8, 4) is 11.3 Å². The van der Waals surface area contributed by atoms with E-state index in [-0.39, 0.29) is 0 Å². The van der Waals surface area contributed by atoms with Crippen LogP contribution in [0, 0.1) is 13.8 Å². The molecule has 0 spiro atoms. The van der Waals surface area contributed by atoms with Crippen LogP contribution in [-0.4, -0.2) is 16.8 Å². The quantitative estimate of drug-likeness (QED) is 0.774. The lowest BCUT2D eigenvalue weighted by Crippen LogP contribution is -2.05. The van der Waals surface area contributed by atoms with E-state index < -0.39 is 0 Å². The highest BCUT2D eigenvalue weighted by atomic mass is 15.3. The first kappa shape index (κ1) is 15.5. The van der Waals surface area contributed by atoms with Gasteiger partial charge in [-0.05, 0) is 26.5 Å². The fourth-order valence-electron chi connectivity index (χ4n) is 2.70. The van der Waals surface area contributed by atoms with Crippen molar-refractivity contribution in [3.63, 3.8) is 0 Å². The number of benzene rings is 2. The molecule has 0 bridgehead atoms. The molecule has 3 rings (SSSR count). The van der Waals surface area contributed by atoms with Crippen molar-refractivity contribution in [3.05, 3.63) is 77.0 Å². The fraction of sp³-hybridized carbons (Fsp3) is 0.250. The lowest BCUT2D eigenvalue weighted by Gasteiger charge is -2.03. The lowest BCUT2D eigenvalue weighted by atomic mass is 10.1. The van der Waals surface area contributed by atoms with E-state index in [0.717, 1.165) is 18.8 Å². The molecule has 0 atom stereocenters. The van der Waals surface area contributed by atoms with Gasteiger partial charge < -0.3 is 5.32 Å². The maximum Gasteiger partial charge on any atom is 0.0968 e. The maximum absolute atomic E-state index is 4.82. The van der Waals surface area contributed by atoms with Crippen molar-refractivity contribution in [2.45, 2.75) is 26.9 Å². The SMILES string of the molecule is CNCc1cn(Cc2ccc(C)cc2)nc1-c1ccc(C)cc1. The number of aryl methyl sites for hydroxylation is 2. The van der Waals surface area contributed by atoms with E-state index in [1.807, 2.05) is 11.7 Å². The monoisotopic (exact) mass is 305 g/mol. The first-order valence-electron chi connectivity index (χ1n) is 7.99. The van der Waals surface area contributed by atoms with E-state index in [9.17, 15) is 0 Å². The van der Waals surface area contributed by atoms with Crippen LogP contribution >= 0.6 is 0 Å². The van der Waals surface area contributed by atoms with Crippen LogP contribution in [0.5, 0.6) is 0 Å². The smallest absolute Gasteiger partial charge is 0.0968 e. The van der Waals surface area contributed by atoms with Gasteiger partial charge in [0.25, 0.3) is 0 Å². The molecule has 0 radical (unpaired) electrons. The normalized spacial score (nSPS) is 10.9. The molecule has 0 amide bonds. The van der Waals surface area contributed by atoms with Crippen LogP contribution in [0.3, 0.4) is 0 Å². The van der Waals surface area contributed by atoms with Crippen LogP contribution in [0.4, 0.5) is 0 Å². The Kier molecular flexibility index (Phi) is 4.58. The Bertz CT molecular complexity index is 768. The first-order chi connectivity index (χ1) is 11.2. The summed E-state index contributed by atoms with van der Waals surface area (Å²) in [5, 5.41) is 8.06. The molecular formula is C20H23N3. The molecule has 0 unspecified atom stereocenters. The standard InChI is InChI=1S/C20H23N3/c1-15-4-8-17(9-5-15)13-23-14-19(12-21-3)20(22-23)18-10-6-16(2)7-11-18/h4-11,14,21H,12-13H2,1-3H3. The second-order valence-electron chi connectivity index (χ2n) is 6.08. The van der Waals surface area contributed by atoms with Crippen LogP contribution in [0.2, 0.25) is 0 Å². The van der Waals surface area contributed by atoms with Gasteiger partial charge in [0.1, 0.15) is 0 Å². The molecule has 23 heavy (non-hydrogen) atoms. The molecule has 3 aromatic rings. The Hall–Kier alpha value is -2.39. The third-order valence-corrected chi connectivity index (χ3v) is 3.99. The predicted molar refractivity (Wildman–Crippen MR) is 95.4 cm³/mol. The Labute approximate surface area is 138 Å². The lowest BCUT2D eigenvalue weighted by molar-refractivity contribution is 0.687. The minimum Gasteiger partial charge on any atom is -0.316 e. The zero-order valence-electron chi connectivity index (χ0n) is 14.0. The van der Waals surface area contributed by atoms with Crippen molar-refractivity contribution in [2.24, 2.45) is 0 Å². The minimum atomic E-state index is 0.794. The Morgan fingerprint density at radius 1 is 0.913 bits per heavy atom. The predicted octanol–water partition coefficient (Wildman–Crippen LogP) is 3.93. The summed E-state index contributed by atoms with van der Waals surface area (Å²) in [7, 11) is 1.97. The zero-order valence-corrected chi connectivity index (χ0v) is 14.0. The molecule has 3 heteroatoms. The summed E-state index contributed by atoms with van der Waals surface area (Å²) in [5.41, 5.74) is 7.27. The number of aromatic nitrogens is 2. The van der Waals surface area contributed by atoms with E-state index in [2.05, 4.69) is 73.9 Å². The van der Waals surface area contributed by atoms with E-state index in [1.165, 1.54) is 27.8 Å². The zero-order chi connectivity index (χ0) is 16.2. The van der Waals surface area contributed by atoms with Crippen molar-refractivity contribution < 1.29 is 0 Å². The van der Waals surface area contributed by atoms with Gasteiger partial charge in [0.15, 0.2) is 0 Å². The molecule has 2 aromatic carbocycles. The number of rotatable bonds is 5. The number of hydrogen-bond acceptors (Lipinski definition) is 2. The van der Waals surface area contributed by atoms with Gasteiger partial charge in [0, 0.05) is 23.9 Å². The topological polar surface area (TPSA) is 29.9 Å². The number of nitrogens with zero attached hydrogens (tertiary/aromatic N) is 2. The molecule has 0 saturated carbocycles. The van der Waals surface area contributed by atoms with Gasteiger partial charge in [-0.15, -0.1) is 0 Å². The number of nitrogens with one attached hydrogen (secondary N) is 1. The maximum atomic E-state index is 4.82. The van der Waals surface area contributed by atoms with E-state index in [0.29, 0.717) is 0 Å². The largest absolute Gasteiger partial charge is 0.316 e. The van der Waals surface area contributed by atoms with E-state index >= 15 is 0 Å². The molecule has 0 saturated heterocycles. The van der Waals surface area contributed by atoms with Crippen LogP contribution in [-0.2, 0) is 13.1 Å². The summed E-state index contributed by atoms with van der Waals surface area (Å²) in [6.45, 7) is 5.83. The molecule has 1 aromatic heterocycles. The summed E-state index contributed by atoms with van der Waals surface area (Å²) < 4.78 is 2.03. The summed E-state index contributed by atoms with van der Waals surface area (Å²) in [6.07, 6.45) is 2.14. The van der Waals surface area contributed by atoms with Crippen LogP contribution in [0.15, 0.2) is 54.7 Å². The molecule has 1 heterocycles. The van der Waals surface area contributed by atoms with Crippen LogP contribution < -0.4 is 5.32 Å². The summed E-state index contributed by atoms with van der Waals surface area (Å²) in [6, 6.07) is 17.2. The van der Waals surface area contributed by atoms with Crippen LogP contribution in [0.25, 0.3) is 11.3 Å². The summed E-state index contributed by atoms with van der Waals surface area (Å²) >= 11 is 0. The van der Waals surface area contributed by atoms with Crippen molar-refractivity contribution in [2.75, 3.05) is 7.05 Å². The molecule has 0 fully saturated rings. The Morgan fingerprint density at radius 2 is 1.52 bits per heavy atom. The summed E-state index contributed by atoms with van der Waals surface area (Å²) in [5.74, 6) is 0. The molecular weight excluding hydrogens is 282 g/mol. The highest BCUT2D eigenvalue weighted by Gasteiger charge is 2.11. The van der Waals surface area contributed by atoms with Gasteiger partial charge in [-0.2, -0.15) is 5.10 Å². The van der Waals surface area contributed by atoms with Gasteiger partial charge >= 0.3 is 0 Å². The highest BCUT2D eigenvalue weighted by Crippen LogP contribution is 2.23. The number of hydrogen-bond donors (Lipinski definition) is 1. The third-order valence-electron chi connectivity index (χ3n) is 3.99. The highest BCUT2D eigenvalue weighted by molar-refractivity contribution is 5.63.